The minimum absolute atomic E-state index is 0.177. The van der Waals surface area contributed by atoms with Crippen LogP contribution in [0.2, 0.25) is 0 Å². The third-order valence-corrected chi connectivity index (χ3v) is 5.69. The van der Waals surface area contributed by atoms with Gasteiger partial charge in [0.15, 0.2) is 9.84 Å². The van der Waals surface area contributed by atoms with Gasteiger partial charge in [0, 0.05) is 12.1 Å². The van der Waals surface area contributed by atoms with Crippen LogP contribution >= 0.6 is 0 Å². The number of benzene rings is 1. The van der Waals surface area contributed by atoms with Crippen molar-refractivity contribution >= 4 is 9.84 Å². The Morgan fingerprint density at radius 3 is 2.74 bits per heavy atom. The van der Waals surface area contributed by atoms with Crippen LogP contribution in [0.5, 0.6) is 0 Å². The second kappa shape index (κ2) is 6.06. The van der Waals surface area contributed by atoms with Crippen molar-refractivity contribution in [2.24, 2.45) is 0 Å². The molecule has 1 aromatic rings. The zero-order valence-corrected chi connectivity index (χ0v) is 12.5. The van der Waals surface area contributed by atoms with Gasteiger partial charge in [0.2, 0.25) is 0 Å². The third kappa shape index (κ3) is 3.18. The highest BCUT2D eigenvalue weighted by atomic mass is 32.2. The average molecular weight is 281 g/mol. The highest BCUT2D eigenvalue weighted by Gasteiger charge is 2.30. The summed E-state index contributed by atoms with van der Waals surface area (Å²) in [4.78, 5) is 0.519. The van der Waals surface area contributed by atoms with E-state index >= 15 is 0 Å². The minimum Gasteiger partial charge on any atom is -0.307 e. The Labute approximate surface area is 116 Å². The maximum absolute atomic E-state index is 12.1. The topological polar surface area (TPSA) is 46.2 Å². The molecule has 1 N–H and O–H groups in total. The lowest BCUT2D eigenvalue weighted by molar-refractivity contribution is 0.386. The van der Waals surface area contributed by atoms with E-state index in [1.54, 1.807) is 6.07 Å². The van der Waals surface area contributed by atoms with Crippen molar-refractivity contribution in [2.45, 2.75) is 56.5 Å². The minimum atomic E-state index is -3.07. The van der Waals surface area contributed by atoms with E-state index in [2.05, 4.69) is 19.2 Å². The molecule has 0 fully saturated rings. The lowest BCUT2D eigenvalue weighted by Crippen LogP contribution is -2.36. The summed E-state index contributed by atoms with van der Waals surface area (Å²) < 4.78 is 24.1. The molecule has 0 saturated heterocycles. The van der Waals surface area contributed by atoms with Crippen LogP contribution in [0.1, 0.15) is 51.1 Å². The summed E-state index contributed by atoms with van der Waals surface area (Å²) in [5, 5.41) is 3.64. The van der Waals surface area contributed by atoms with E-state index in [-0.39, 0.29) is 11.8 Å². The number of rotatable bonds is 5. The molecule has 106 valence electrons. The Bertz CT molecular complexity index is 525. The highest BCUT2D eigenvalue weighted by molar-refractivity contribution is 7.91. The van der Waals surface area contributed by atoms with Crippen molar-refractivity contribution in [2.75, 3.05) is 5.75 Å². The van der Waals surface area contributed by atoms with Gasteiger partial charge >= 0.3 is 0 Å². The van der Waals surface area contributed by atoms with Crippen LogP contribution in [0.15, 0.2) is 29.2 Å². The SMILES string of the molecule is CCCC(CC)NC1CCS(=O)(=O)c2ccccc21. The van der Waals surface area contributed by atoms with Gasteiger partial charge in [0.05, 0.1) is 10.6 Å². The zero-order valence-electron chi connectivity index (χ0n) is 11.7. The zero-order chi connectivity index (χ0) is 13.9. The van der Waals surface area contributed by atoms with Crippen molar-refractivity contribution in [1.82, 2.24) is 5.32 Å². The fraction of sp³-hybridized carbons (Fsp3) is 0.600. The lowest BCUT2D eigenvalue weighted by Gasteiger charge is -2.30. The average Bonchev–Trinajstić information content (AvgIpc) is 2.41. The first kappa shape index (κ1) is 14.5. The van der Waals surface area contributed by atoms with Crippen molar-refractivity contribution in [1.29, 1.82) is 0 Å². The van der Waals surface area contributed by atoms with Crippen LogP contribution in [0.25, 0.3) is 0 Å². The van der Waals surface area contributed by atoms with Gasteiger partial charge < -0.3 is 5.32 Å². The summed E-state index contributed by atoms with van der Waals surface area (Å²) in [6, 6.07) is 8.07. The van der Waals surface area contributed by atoms with Gasteiger partial charge in [-0.3, -0.25) is 0 Å². The molecule has 19 heavy (non-hydrogen) atoms. The van der Waals surface area contributed by atoms with E-state index in [0.717, 1.165) is 24.8 Å². The van der Waals surface area contributed by atoms with E-state index in [9.17, 15) is 8.42 Å². The molecule has 0 amide bonds. The molecule has 1 aliphatic heterocycles. The van der Waals surface area contributed by atoms with Crippen LogP contribution in [0.3, 0.4) is 0 Å². The van der Waals surface area contributed by atoms with Crippen LogP contribution < -0.4 is 5.32 Å². The molecule has 0 aliphatic carbocycles. The standard InChI is InChI=1S/C15H23NO2S/c1-3-7-12(4-2)16-14-10-11-19(17,18)15-9-6-5-8-13(14)15/h5-6,8-9,12,14,16H,3-4,7,10-11H2,1-2H3. The fourth-order valence-corrected chi connectivity index (χ4v) is 4.42. The predicted octanol–water partition coefficient (Wildman–Crippen LogP) is 3.07. The van der Waals surface area contributed by atoms with Crippen LogP contribution in [0.4, 0.5) is 0 Å². The van der Waals surface area contributed by atoms with Gasteiger partial charge in [-0.15, -0.1) is 0 Å². The van der Waals surface area contributed by atoms with Gasteiger partial charge in [-0.25, -0.2) is 8.42 Å². The van der Waals surface area contributed by atoms with Gasteiger partial charge in [0.1, 0.15) is 0 Å². The van der Waals surface area contributed by atoms with E-state index < -0.39 is 9.84 Å². The van der Waals surface area contributed by atoms with Gasteiger partial charge in [-0.1, -0.05) is 38.5 Å². The smallest absolute Gasteiger partial charge is 0.178 e. The Morgan fingerprint density at radius 1 is 1.32 bits per heavy atom. The second-order valence-electron chi connectivity index (χ2n) is 5.26. The molecule has 2 atom stereocenters. The first-order valence-corrected chi connectivity index (χ1v) is 8.81. The van der Waals surface area contributed by atoms with Gasteiger partial charge in [-0.05, 0) is 30.9 Å². The van der Waals surface area contributed by atoms with Crippen LogP contribution in [-0.4, -0.2) is 20.2 Å². The molecule has 0 aromatic heterocycles. The van der Waals surface area contributed by atoms with Gasteiger partial charge in [0.25, 0.3) is 0 Å². The molecule has 2 unspecified atom stereocenters. The summed E-state index contributed by atoms with van der Waals surface area (Å²) in [6.45, 7) is 4.36. The molecule has 4 heteroatoms. The lowest BCUT2D eigenvalue weighted by atomic mass is 10.0. The van der Waals surface area contributed by atoms with Gasteiger partial charge in [-0.2, -0.15) is 0 Å². The Balaban J connectivity index is 2.25. The molecule has 0 saturated carbocycles. The van der Waals surface area contributed by atoms with Crippen molar-refractivity contribution in [3.8, 4) is 0 Å². The monoisotopic (exact) mass is 281 g/mol. The Hall–Kier alpha value is -0.870. The molecular formula is C15H23NO2S. The van der Waals surface area contributed by atoms with Crippen molar-refractivity contribution in [3.63, 3.8) is 0 Å². The summed E-state index contributed by atoms with van der Waals surface area (Å²) >= 11 is 0. The Morgan fingerprint density at radius 2 is 2.05 bits per heavy atom. The molecule has 1 aromatic carbocycles. The maximum atomic E-state index is 12.1. The maximum Gasteiger partial charge on any atom is 0.178 e. The van der Waals surface area contributed by atoms with E-state index in [1.165, 1.54) is 0 Å². The number of hydrogen-bond acceptors (Lipinski definition) is 3. The highest BCUT2D eigenvalue weighted by Crippen LogP contribution is 2.32. The second-order valence-corrected chi connectivity index (χ2v) is 7.34. The quantitative estimate of drug-likeness (QED) is 0.902. The van der Waals surface area contributed by atoms with E-state index in [1.807, 2.05) is 18.2 Å². The molecule has 0 bridgehead atoms. The summed E-state index contributed by atoms with van der Waals surface area (Å²) in [5.41, 5.74) is 0.948. The summed E-state index contributed by atoms with van der Waals surface area (Å²) in [6.07, 6.45) is 4.05. The largest absolute Gasteiger partial charge is 0.307 e. The molecular weight excluding hydrogens is 258 g/mol. The molecule has 3 nitrogen and oxygen atoms in total. The number of sulfone groups is 1. The first-order valence-electron chi connectivity index (χ1n) is 7.16. The van der Waals surface area contributed by atoms with Crippen molar-refractivity contribution in [3.05, 3.63) is 29.8 Å². The molecule has 0 spiro atoms. The fourth-order valence-electron chi connectivity index (χ4n) is 2.80. The molecule has 2 rings (SSSR count). The Kier molecular flexibility index (Phi) is 4.63. The van der Waals surface area contributed by atoms with Crippen molar-refractivity contribution < 1.29 is 8.42 Å². The van der Waals surface area contributed by atoms with E-state index in [0.29, 0.717) is 17.4 Å². The van der Waals surface area contributed by atoms with Crippen LogP contribution in [0, 0.1) is 0 Å². The summed E-state index contributed by atoms with van der Waals surface area (Å²) in [7, 11) is -3.07. The molecule has 1 aliphatic rings. The predicted molar refractivity (Wildman–Crippen MR) is 78.0 cm³/mol. The third-order valence-electron chi connectivity index (χ3n) is 3.87. The molecule has 1 heterocycles. The summed E-state index contributed by atoms with van der Waals surface area (Å²) in [5.74, 6) is 0.254. The number of fused-ring (bicyclic) bond motifs is 1. The first-order chi connectivity index (χ1) is 9.08. The van der Waals surface area contributed by atoms with E-state index in [4.69, 9.17) is 0 Å². The normalized spacial score (nSPS) is 22.7. The molecule has 0 radical (unpaired) electrons. The van der Waals surface area contributed by atoms with Crippen LogP contribution in [-0.2, 0) is 9.84 Å². The number of hydrogen-bond donors (Lipinski definition) is 1. The number of nitrogens with one attached hydrogen (secondary N) is 1.